The highest BCUT2D eigenvalue weighted by atomic mass is 127. The van der Waals surface area contributed by atoms with Crippen LogP contribution in [0.25, 0.3) is 0 Å². The van der Waals surface area contributed by atoms with Crippen LogP contribution in [0.1, 0.15) is 27.2 Å². The van der Waals surface area contributed by atoms with Crippen molar-refractivity contribution in [3.63, 3.8) is 0 Å². The highest BCUT2D eigenvalue weighted by Crippen LogP contribution is 2.20. The molecule has 0 saturated carbocycles. The van der Waals surface area contributed by atoms with Crippen LogP contribution in [0.2, 0.25) is 0 Å². The van der Waals surface area contributed by atoms with E-state index in [0.717, 1.165) is 16.9 Å². The third-order valence-corrected chi connectivity index (χ3v) is 8.43. The third-order valence-electron chi connectivity index (χ3n) is 6.06. The van der Waals surface area contributed by atoms with Crippen LogP contribution in [0.3, 0.4) is 0 Å². The number of amides is 3. The van der Waals surface area contributed by atoms with Crippen molar-refractivity contribution in [3.8, 4) is 0 Å². The van der Waals surface area contributed by atoms with Crippen LogP contribution >= 0.6 is 33.9 Å². The number of alkyl halides is 1. The molecule has 2 rings (SSSR count). The van der Waals surface area contributed by atoms with Gasteiger partial charge in [0, 0.05) is 25.8 Å². The molecular formula is C28H37IN4O9S. The Balaban J connectivity index is 2.27. The Labute approximate surface area is 267 Å². The van der Waals surface area contributed by atoms with Crippen LogP contribution in [0, 0.1) is 6.92 Å². The van der Waals surface area contributed by atoms with Crippen LogP contribution in [0.5, 0.6) is 0 Å². The number of carbonyl (C=O) groups excluding carboxylic acids is 5. The van der Waals surface area contributed by atoms with E-state index in [-0.39, 0.29) is 30.7 Å². The van der Waals surface area contributed by atoms with Gasteiger partial charge in [-0.05, 0) is 25.8 Å². The third kappa shape index (κ3) is 11.2. The molecule has 0 fully saturated rings. The van der Waals surface area contributed by atoms with Gasteiger partial charge in [0.25, 0.3) is 5.91 Å². The summed E-state index contributed by atoms with van der Waals surface area (Å²) in [6.07, 6.45) is 1.49. The summed E-state index contributed by atoms with van der Waals surface area (Å²) in [5.41, 5.74) is -0.833. The summed E-state index contributed by atoms with van der Waals surface area (Å²) >= 11 is 3.10. The summed E-state index contributed by atoms with van der Waals surface area (Å²) in [5.74, 6) is -3.22. The lowest BCUT2D eigenvalue weighted by Gasteiger charge is -2.31. The number of rotatable bonds is 18. The quantitative estimate of drug-likeness (QED) is 0.114. The number of ketones is 1. The number of Topliss-reactive ketones (excluding diaryl/α,β-unsaturated/α-hetero) is 1. The van der Waals surface area contributed by atoms with E-state index in [1.165, 1.54) is 34.4 Å². The second kappa shape index (κ2) is 18.0. The summed E-state index contributed by atoms with van der Waals surface area (Å²) < 4.78 is 20.7. The maximum atomic E-state index is 13.8. The first-order valence-electron chi connectivity index (χ1n) is 13.1. The predicted octanol–water partition coefficient (Wildman–Crippen LogP) is 1.01. The lowest BCUT2D eigenvalue weighted by Crippen LogP contribution is -2.60. The van der Waals surface area contributed by atoms with Gasteiger partial charge in [-0.3, -0.25) is 19.2 Å². The highest BCUT2D eigenvalue weighted by molar-refractivity contribution is 14.1. The van der Waals surface area contributed by atoms with Crippen molar-refractivity contribution in [2.75, 3.05) is 45.6 Å². The number of ether oxygens (including phenoxy) is 4. The maximum Gasteiger partial charge on any atom is 0.333 e. The molecule has 15 heteroatoms. The van der Waals surface area contributed by atoms with E-state index in [1.54, 1.807) is 31.2 Å². The number of thiazole rings is 1. The van der Waals surface area contributed by atoms with Crippen LogP contribution in [-0.4, -0.2) is 104 Å². The molecule has 0 bridgehead atoms. The fraction of sp³-hybridized carbons (Fsp3) is 0.500. The lowest BCUT2D eigenvalue weighted by molar-refractivity contribution is -0.167. The molecule has 1 unspecified atom stereocenters. The average molecular weight is 733 g/mol. The summed E-state index contributed by atoms with van der Waals surface area (Å²) in [6.45, 7) is 2.46. The van der Waals surface area contributed by atoms with Crippen LogP contribution in [-0.2, 0) is 44.5 Å². The molecule has 0 aliphatic rings. The minimum atomic E-state index is -1.58. The molecule has 3 amide bonds. The van der Waals surface area contributed by atoms with Gasteiger partial charge in [-0.15, -0.1) is 11.3 Å². The van der Waals surface area contributed by atoms with E-state index in [1.807, 2.05) is 28.7 Å². The van der Waals surface area contributed by atoms with E-state index >= 15 is 0 Å². The van der Waals surface area contributed by atoms with Crippen molar-refractivity contribution in [3.05, 3.63) is 52.0 Å². The zero-order valence-corrected chi connectivity index (χ0v) is 27.6. The number of nitrogens with one attached hydrogen (secondary N) is 3. The maximum absolute atomic E-state index is 13.8. The van der Waals surface area contributed by atoms with Crippen molar-refractivity contribution < 1.29 is 42.9 Å². The average Bonchev–Trinajstić information content (AvgIpc) is 3.42. The van der Waals surface area contributed by atoms with Crippen molar-refractivity contribution >= 4 is 63.4 Å². The lowest BCUT2D eigenvalue weighted by atomic mass is 9.92. The Hall–Kier alpha value is -2.99. The monoisotopic (exact) mass is 732 g/mol. The minimum Gasteiger partial charge on any atom is -0.449 e. The Morgan fingerprint density at radius 3 is 2.00 bits per heavy atom. The van der Waals surface area contributed by atoms with E-state index in [9.17, 15) is 24.0 Å². The van der Waals surface area contributed by atoms with Crippen LogP contribution < -0.4 is 16.0 Å². The zero-order valence-electron chi connectivity index (χ0n) is 24.6. The largest absolute Gasteiger partial charge is 0.449 e. The minimum absolute atomic E-state index is 0.0870. The summed E-state index contributed by atoms with van der Waals surface area (Å²) in [5, 5.41) is 8.56. The fourth-order valence-corrected chi connectivity index (χ4v) is 5.12. The van der Waals surface area contributed by atoms with Gasteiger partial charge in [0.2, 0.25) is 11.8 Å². The summed E-state index contributed by atoms with van der Waals surface area (Å²) in [4.78, 5) is 69.8. The van der Waals surface area contributed by atoms with Crippen LogP contribution in [0.15, 0.2) is 36.5 Å². The molecule has 4 atom stereocenters. The Bertz CT molecular complexity index is 1250. The molecule has 236 valence electrons. The molecule has 0 saturated heterocycles. The molecule has 13 nitrogen and oxygen atoms in total. The van der Waals surface area contributed by atoms with Crippen LogP contribution in [0.4, 0.5) is 0 Å². The van der Waals surface area contributed by atoms with Gasteiger partial charge in [0.15, 0.2) is 11.4 Å². The highest BCUT2D eigenvalue weighted by Gasteiger charge is 2.42. The second-order valence-corrected chi connectivity index (χ2v) is 11.6. The first-order chi connectivity index (χ1) is 20.5. The number of esters is 1. The van der Waals surface area contributed by atoms with Gasteiger partial charge >= 0.3 is 5.97 Å². The number of benzene rings is 1. The molecule has 1 heterocycles. The second-order valence-electron chi connectivity index (χ2n) is 9.63. The number of halogens is 1. The molecular weight excluding hydrogens is 695 g/mol. The number of nitrogens with zero attached hydrogens (tertiary/aromatic N) is 1. The SMILES string of the molecule is COCC(=O)OC(C)(CI)C(=O)[C@H](Cc1ccccc1)NC(=O)[C@H](COC)NC(=O)[C@H](COC)NC(=O)c1cnc(C)s1. The summed E-state index contributed by atoms with van der Waals surface area (Å²) in [7, 11) is 4.05. The van der Waals surface area contributed by atoms with Crippen molar-refractivity contribution in [2.45, 2.75) is 44.0 Å². The molecule has 0 radical (unpaired) electrons. The Kier molecular flexibility index (Phi) is 15.1. The Morgan fingerprint density at radius 1 is 0.907 bits per heavy atom. The standard InChI is InChI=1S/C28H37IN4O9S/c1-17-30-12-22(43-17)27(38)33-21(14-40-4)26(37)32-20(13-39-3)25(36)31-19(11-18-9-7-6-8-10-18)24(35)28(2,16-29)42-23(34)15-41-5/h6-10,12,19-21H,11,13-16H2,1-5H3,(H,31,36)(H,32,37)(H,33,38)/t19-,20-,21-,28?/m0/s1. The van der Waals surface area contributed by atoms with Gasteiger partial charge < -0.3 is 34.9 Å². The molecule has 0 aliphatic heterocycles. The molecule has 43 heavy (non-hydrogen) atoms. The topological polar surface area (TPSA) is 171 Å². The molecule has 1 aromatic carbocycles. The molecule has 2 aromatic rings. The van der Waals surface area contributed by atoms with Gasteiger partial charge in [-0.25, -0.2) is 9.78 Å². The predicted molar refractivity (Wildman–Crippen MR) is 166 cm³/mol. The number of aromatic nitrogens is 1. The number of hydrogen-bond acceptors (Lipinski definition) is 11. The van der Waals surface area contributed by atoms with E-state index in [2.05, 4.69) is 20.9 Å². The molecule has 3 N–H and O–H groups in total. The number of carbonyl (C=O) groups is 5. The van der Waals surface area contributed by atoms with E-state index in [0.29, 0.717) is 9.88 Å². The van der Waals surface area contributed by atoms with Gasteiger partial charge in [-0.2, -0.15) is 0 Å². The fourth-order valence-electron chi connectivity index (χ4n) is 3.91. The number of hydrogen-bond donors (Lipinski definition) is 3. The normalized spacial score (nSPS) is 14.5. The molecule has 1 aromatic heterocycles. The zero-order chi connectivity index (χ0) is 32.0. The van der Waals surface area contributed by atoms with Gasteiger partial charge in [0.05, 0.1) is 30.5 Å². The van der Waals surface area contributed by atoms with Gasteiger partial charge in [-0.1, -0.05) is 52.9 Å². The van der Waals surface area contributed by atoms with Crippen molar-refractivity contribution in [1.29, 1.82) is 0 Å². The van der Waals surface area contributed by atoms with Crippen molar-refractivity contribution in [2.24, 2.45) is 0 Å². The smallest absolute Gasteiger partial charge is 0.333 e. The number of methoxy groups -OCH3 is 3. The molecule has 0 spiro atoms. The molecule has 0 aliphatic carbocycles. The summed E-state index contributed by atoms with van der Waals surface area (Å²) in [6, 6.07) is 5.47. The van der Waals surface area contributed by atoms with Gasteiger partial charge in [0.1, 0.15) is 23.6 Å². The first-order valence-corrected chi connectivity index (χ1v) is 15.5. The van der Waals surface area contributed by atoms with Crippen molar-refractivity contribution in [1.82, 2.24) is 20.9 Å². The number of aryl methyl sites for hydroxylation is 1. The van der Waals surface area contributed by atoms with E-state index in [4.69, 9.17) is 18.9 Å². The van der Waals surface area contributed by atoms with E-state index < -0.39 is 53.2 Å². The first kappa shape index (κ1) is 36.2. The Morgan fingerprint density at radius 2 is 1.49 bits per heavy atom.